The van der Waals surface area contributed by atoms with Crippen LogP contribution in [0.2, 0.25) is 0 Å². The highest BCUT2D eigenvalue weighted by Gasteiger charge is 2.51. The molecule has 76 valence electrons. The highest BCUT2D eigenvalue weighted by atomic mass is 32.2. The van der Waals surface area contributed by atoms with Gasteiger partial charge in [0.25, 0.3) is 5.91 Å². The summed E-state index contributed by atoms with van der Waals surface area (Å²) in [6, 6.07) is 0. The van der Waals surface area contributed by atoms with Gasteiger partial charge in [0.1, 0.15) is 0 Å². The molecule has 0 aliphatic carbocycles. The summed E-state index contributed by atoms with van der Waals surface area (Å²) in [5.41, 5.74) is 1.85. The molecule has 1 aliphatic heterocycles. The van der Waals surface area contributed by atoms with Crippen molar-refractivity contribution in [2.75, 3.05) is 5.75 Å². The van der Waals surface area contributed by atoms with Gasteiger partial charge < -0.3 is 0 Å². The summed E-state index contributed by atoms with van der Waals surface area (Å²) in [7, 11) is -3.37. The molecule has 1 saturated heterocycles. The Labute approximate surface area is 82.4 Å². The Balaban J connectivity index is 3.09. The lowest BCUT2D eigenvalue weighted by Gasteiger charge is -2.22. The Kier molecular flexibility index (Phi) is 2.61. The first-order valence-corrected chi connectivity index (χ1v) is 5.92. The van der Waals surface area contributed by atoms with Gasteiger partial charge in [-0.25, -0.2) is 14.3 Å². The number of thiol groups is 1. The molecule has 2 unspecified atom stereocenters. The molecule has 2 atom stereocenters. The summed E-state index contributed by atoms with van der Waals surface area (Å²) in [5.74, 6) is 4.20. The summed E-state index contributed by atoms with van der Waals surface area (Å²) < 4.78 is 22.0. The van der Waals surface area contributed by atoms with E-state index in [-0.39, 0.29) is 5.75 Å². The number of carbonyl (C=O) groups is 1. The number of hydrazine groups is 1. The fourth-order valence-electron chi connectivity index (χ4n) is 1.51. The Bertz CT molecular complexity index is 323. The molecule has 0 spiro atoms. The van der Waals surface area contributed by atoms with Gasteiger partial charge in [0.05, 0.1) is 5.75 Å². The number of sulfone groups is 1. The van der Waals surface area contributed by atoms with E-state index in [2.05, 4.69) is 12.6 Å². The minimum atomic E-state index is -3.37. The highest BCUT2D eigenvalue weighted by molar-refractivity contribution is 7.95. The predicted molar refractivity (Wildman–Crippen MR) is 51.9 cm³/mol. The van der Waals surface area contributed by atoms with E-state index in [0.717, 1.165) is 0 Å². The maximum atomic E-state index is 11.4. The van der Waals surface area contributed by atoms with Crippen molar-refractivity contribution in [1.82, 2.24) is 5.43 Å². The molecule has 5 nitrogen and oxygen atoms in total. The van der Waals surface area contributed by atoms with E-state index in [9.17, 15) is 13.2 Å². The van der Waals surface area contributed by atoms with Crippen molar-refractivity contribution in [3.63, 3.8) is 0 Å². The molecule has 1 fully saturated rings. The first-order valence-electron chi connectivity index (χ1n) is 3.76. The molecule has 7 heteroatoms. The molecule has 0 saturated carbocycles. The number of carbonyl (C=O) groups excluding carboxylic acids is 1. The lowest BCUT2D eigenvalue weighted by atomic mass is 10.0. The summed E-state index contributed by atoms with van der Waals surface area (Å²) in [6.45, 7) is 1.63. The van der Waals surface area contributed by atoms with Gasteiger partial charge in [-0.15, -0.1) is 0 Å². The summed E-state index contributed by atoms with van der Waals surface area (Å²) >= 11 is 4.16. The van der Waals surface area contributed by atoms with E-state index < -0.39 is 25.7 Å². The van der Waals surface area contributed by atoms with Crippen LogP contribution in [0.4, 0.5) is 0 Å². The van der Waals surface area contributed by atoms with Crippen LogP contribution in [0.25, 0.3) is 0 Å². The number of nitrogens with two attached hydrogens (primary N) is 1. The quantitative estimate of drug-likeness (QED) is 0.227. The first kappa shape index (κ1) is 10.8. The minimum Gasteiger partial charge on any atom is -0.293 e. The fraction of sp³-hybridized carbons (Fsp3) is 0.833. The number of amides is 1. The second-order valence-electron chi connectivity index (χ2n) is 3.36. The highest BCUT2D eigenvalue weighted by Crippen LogP contribution is 2.36. The van der Waals surface area contributed by atoms with Gasteiger partial charge >= 0.3 is 0 Å². The van der Waals surface area contributed by atoms with Crippen LogP contribution in [0.5, 0.6) is 0 Å². The van der Waals surface area contributed by atoms with Crippen LogP contribution < -0.4 is 11.3 Å². The Morgan fingerprint density at radius 2 is 2.23 bits per heavy atom. The Morgan fingerprint density at radius 3 is 2.54 bits per heavy atom. The predicted octanol–water partition coefficient (Wildman–Crippen LogP) is -1.15. The van der Waals surface area contributed by atoms with Crippen molar-refractivity contribution in [2.45, 2.75) is 23.3 Å². The van der Waals surface area contributed by atoms with Crippen molar-refractivity contribution in [3.8, 4) is 0 Å². The Morgan fingerprint density at radius 1 is 1.69 bits per heavy atom. The number of nitrogens with one attached hydrogen (secondary N) is 1. The lowest BCUT2D eigenvalue weighted by Crippen LogP contribution is -2.48. The maximum absolute atomic E-state index is 11.4. The molecule has 13 heavy (non-hydrogen) atoms. The first-order chi connectivity index (χ1) is 5.81. The van der Waals surface area contributed by atoms with Gasteiger partial charge in [-0.3, -0.25) is 10.2 Å². The number of rotatable bonds is 1. The molecule has 1 aliphatic rings. The van der Waals surface area contributed by atoms with Gasteiger partial charge in [0.2, 0.25) is 0 Å². The van der Waals surface area contributed by atoms with E-state index in [1.807, 2.05) is 5.43 Å². The van der Waals surface area contributed by atoms with Crippen LogP contribution in [-0.4, -0.2) is 30.1 Å². The van der Waals surface area contributed by atoms with E-state index in [4.69, 9.17) is 5.84 Å². The van der Waals surface area contributed by atoms with Crippen LogP contribution in [0.1, 0.15) is 13.3 Å². The molecular formula is C6H12N2O3S2. The van der Waals surface area contributed by atoms with Crippen molar-refractivity contribution >= 4 is 28.4 Å². The van der Waals surface area contributed by atoms with Crippen LogP contribution in [-0.2, 0) is 14.6 Å². The third-order valence-corrected chi connectivity index (χ3v) is 5.08. The van der Waals surface area contributed by atoms with Gasteiger partial charge in [-0.2, -0.15) is 12.6 Å². The largest absolute Gasteiger partial charge is 0.293 e. The van der Waals surface area contributed by atoms with Crippen LogP contribution in [0, 0.1) is 0 Å². The van der Waals surface area contributed by atoms with E-state index >= 15 is 0 Å². The van der Waals surface area contributed by atoms with Gasteiger partial charge in [-0.1, -0.05) is 0 Å². The molecule has 3 N–H and O–H groups in total. The molecule has 0 aromatic rings. The summed E-state index contributed by atoms with van der Waals surface area (Å²) in [4.78, 5) is 11.2. The zero-order valence-corrected chi connectivity index (χ0v) is 8.86. The van der Waals surface area contributed by atoms with Crippen molar-refractivity contribution < 1.29 is 13.2 Å². The minimum absolute atomic E-state index is 0.00884. The molecule has 0 bridgehead atoms. The molecule has 0 aromatic heterocycles. The van der Waals surface area contributed by atoms with Gasteiger partial charge in [0, 0.05) is 4.75 Å². The number of hydrogen-bond acceptors (Lipinski definition) is 5. The fourth-order valence-corrected chi connectivity index (χ4v) is 4.60. The lowest BCUT2D eigenvalue weighted by molar-refractivity contribution is -0.121. The van der Waals surface area contributed by atoms with Gasteiger partial charge in [0.15, 0.2) is 15.1 Å². The van der Waals surface area contributed by atoms with E-state index in [1.165, 1.54) is 0 Å². The molecule has 1 amide bonds. The third-order valence-electron chi connectivity index (χ3n) is 2.20. The van der Waals surface area contributed by atoms with Crippen molar-refractivity contribution in [3.05, 3.63) is 0 Å². The second kappa shape index (κ2) is 3.14. The summed E-state index contributed by atoms with van der Waals surface area (Å²) in [5, 5.41) is -1.13. The second-order valence-corrected chi connectivity index (χ2v) is 6.59. The standard InChI is InChI=1S/C6H12N2O3S2/c1-6(12)2-3-13(10,11)4(6)5(9)8-7/h4,12H,2-3,7H2,1H3,(H,8,9). The van der Waals surface area contributed by atoms with E-state index in [0.29, 0.717) is 6.42 Å². The Hall–Kier alpha value is -0.270. The van der Waals surface area contributed by atoms with Crippen molar-refractivity contribution in [2.24, 2.45) is 5.84 Å². The molecular weight excluding hydrogens is 212 g/mol. The van der Waals surface area contributed by atoms with Crippen LogP contribution >= 0.6 is 12.6 Å². The molecule has 1 heterocycles. The summed E-state index contributed by atoms with van der Waals surface area (Å²) in [6.07, 6.45) is 0.372. The molecule has 0 aromatic carbocycles. The van der Waals surface area contributed by atoms with Crippen LogP contribution in [0.15, 0.2) is 0 Å². The van der Waals surface area contributed by atoms with Crippen molar-refractivity contribution in [1.29, 1.82) is 0 Å². The maximum Gasteiger partial charge on any atom is 0.253 e. The number of hydrogen-bond donors (Lipinski definition) is 3. The zero-order chi connectivity index (χ0) is 10.3. The smallest absolute Gasteiger partial charge is 0.253 e. The molecule has 1 rings (SSSR count). The normalized spacial score (nSPS) is 37.3. The molecule has 0 radical (unpaired) electrons. The zero-order valence-electron chi connectivity index (χ0n) is 7.15. The topological polar surface area (TPSA) is 89.3 Å². The SMILES string of the molecule is CC1(S)CCS(=O)(=O)C1C(=O)NN. The average molecular weight is 224 g/mol. The van der Waals surface area contributed by atoms with E-state index in [1.54, 1.807) is 6.92 Å². The van der Waals surface area contributed by atoms with Gasteiger partial charge in [-0.05, 0) is 13.3 Å². The third kappa shape index (κ3) is 1.82. The van der Waals surface area contributed by atoms with Crippen LogP contribution in [0.3, 0.4) is 0 Å². The monoisotopic (exact) mass is 224 g/mol. The average Bonchev–Trinajstić information content (AvgIpc) is 2.20.